The number of carbonyl (C=O) groups is 1. The molecular weight excluding hydrogens is 471 g/mol. The number of amides is 1. The van der Waals surface area contributed by atoms with Gasteiger partial charge in [-0.15, -0.1) is 0 Å². The summed E-state index contributed by atoms with van der Waals surface area (Å²) in [5.41, 5.74) is -2.42. The molecule has 34 heavy (non-hydrogen) atoms. The summed E-state index contributed by atoms with van der Waals surface area (Å²) in [6.45, 7) is 3.70. The van der Waals surface area contributed by atoms with Crippen molar-refractivity contribution < 1.29 is 32.5 Å². The molecule has 2 aromatic rings. The summed E-state index contributed by atoms with van der Waals surface area (Å²) < 4.78 is 51.3. The van der Waals surface area contributed by atoms with Crippen LogP contribution in [0, 0.1) is 11.3 Å². The van der Waals surface area contributed by atoms with Gasteiger partial charge in [0.15, 0.2) is 5.11 Å². The average Bonchev–Trinajstić information content (AvgIpc) is 3.25. The minimum Gasteiger partial charge on any atom is -0.485 e. The molecule has 178 valence electrons. The van der Waals surface area contributed by atoms with Crippen LogP contribution >= 0.6 is 12.2 Å². The third-order valence-corrected chi connectivity index (χ3v) is 6.10. The molecule has 4 rings (SSSR count). The van der Waals surface area contributed by atoms with E-state index >= 15 is 0 Å². The normalized spacial score (nSPS) is 22.3. The zero-order chi connectivity index (χ0) is 24.8. The number of hydrogen-bond donors (Lipinski definition) is 1. The van der Waals surface area contributed by atoms with Gasteiger partial charge in [-0.2, -0.15) is 18.4 Å². The molecule has 2 fully saturated rings. The van der Waals surface area contributed by atoms with Gasteiger partial charge in [-0.1, -0.05) is 0 Å². The molecule has 0 unspecified atom stereocenters. The molecule has 0 aromatic heterocycles. The van der Waals surface area contributed by atoms with E-state index in [1.165, 1.54) is 12.1 Å². The van der Waals surface area contributed by atoms with E-state index in [-0.39, 0.29) is 24.0 Å². The number of nitriles is 1. The van der Waals surface area contributed by atoms with Crippen molar-refractivity contribution >= 4 is 34.6 Å². The van der Waals surface area contributed by atoms with Gasteiger partial charge in [-0.25, -0.2) is 0 Å². The van der Waals surface area contributed by atoms with Crippen LogP contribution in [0.25, 0.3) is 0 Å². The molecule has 0 aliphatic carbocycles. The van der Waals surface area contributed by atoms with Gasteiger partial charge in [0.1, 0.15) is 23.5 Å². The quantitative estimate of drug-likeness (QED) is 0.654. The number of aliphatic hydroxyl groups excluding tert-OH is 1. The number of halogens is 3. The standard InChI is InChI=1S/C23H20F3N3O4S/c1-22(2)20(31)28(15-4-3-13(10-27)17(9-15)23(24,25)26)21(34)29(22)14-5-7-16(8-6-14)33-19-12-32-11-18(19)30/h3-9,18-19,30H,11-12H2,1-2H3/t18-,19+/m1/s1. The molecule has 7 nitrogen and oxygen atoms in total. The van der Waals surface area contributed by atoms with Gasteiger partial charge in [0.2, 0.25) is 0 Å². The highest BCUT2D eigenvalue weighted by Crippen LogP contribution is 2.40. The Morgan fingerprint density at radius 1 is 1.18 bits per heavy atom. The molecule has 2 saturated heterocycles. The summed E-state index contributed by atoms with van der Waals surface area (Å²) in [5, 5.41) is 18.9. The van der Waals surface area contributed by atoms with Crippen molar-refractivity contribution in [2.45, 2.75) is 37.8 Å². The van der Waals surface area contributed by atoms with E-state index < -0.39 is 41.0 Å². The van der Waals surface area contributed by atoms with Crippen LogP contribution in [0.2, 0.25) is 0 Å². The van der Waals surface area contributed by atoms with Crippen LogP contribution in [0.3, 0.4) is 0 Å². The monoisotopic (exact) mass is 491 g/mol. The summed E-state index contributed by atoms with van der Waals surface area (Å²) in [6, 6.07) is 11.2. The SMILES string of the molecule is CC1(C)C(=O)N(c2ccc(C#N)c(C(F)(F)F)c2)C(=S)N1c1ccc(O[C@H]2COC[C@H]2O)cc1. The topological polar surface area (TPSA) is 86.0 Å². The minimum absolute atomic E-state index is 0.00103. The number of aliphatic hydroxyl groups is 1. The van der Waals surface area contributed by atoms with Gasteiger partial charge in [0.05, 0.1) is 36.1 Å². The highest BCUT2D eigenvalue weighted by atomic mass is 32.1. The lowest BCUT2D eigenvalue weighted by atomic mass is 10.0. The summed E-state index contributed by atoms with van der Waals surface area (Å²) in [7, 11) is 0. The third-order valence-electron chi connectivity index (χ3n) is 5.74. The van der Waals surface area contributed by atoms with Crippen molar-refractivity contribution in [3.8, 4) is 11.8 Å². The molecule has 1 N–H and O–H groups in total. The zero-order valence-electron chi connectivity index (χ0n) is 18.2. The number of alkyl halides is 3. The van der Waals surface area contributed by atoms with Crippen molar-refractivity contribution in [3.63, 3.8) is 0 Å². The van der Waals surface area contributed by atoms with E-state index in [0.717, 1.165) is 17.0 Å². The fourth-order valence-corrected chi connectivity index (χ4v) is 4.47. The maximum atomic E-state index is 13.5. The summed E-state index contributed by atoms with van der Waals surface area (Å²) >= 11 is 5.52. The number of hydrogen-bond acceptors (Lipinski definition) is 6. The van der Waals surface area contributed by atoms with E-state index in [0.29, 0.717) is 11.4 Å². The van der Waals surface area contributed by atoms with Crippen LogP contribution in [-0.2, 0) is 15.7 Å². The van der Waals surface area contributed by atoms with E-state index in [1.54, 1.807) is 43.0 Å². The smallest absolute Gasteiger partial charge is 0.417 e. The first-order valence-corrected chi connectivity index (χ1v) is 10.7. The van der Waals surface area contributed by atoms with Gasteiger partial charge in [0, 0.05) is 5.69 Å². The first kappa shape index (κ1) is 23.9. The second kappa shape index (κ2) is 8.54. The van der Waals surface area contributed by atoms with Gasteiger partial charge in [-0.3, -0.25) is 9.69 Å². The predicted molar refractivity (Wildman–Crippen MR) is 120 cm³/mol. The van der Waals surface area contributed by atoms with Crippen LogP contribution in [0.5, 0.6) is 5.75 Å². The molecule has 11 heteroatoms. The van der Waals surface area contributed by atoms with Gasteiger partial charge >= 0.3 is 6.18 Å². The summed E-state index contributed by atoms with van der Waals surface area (Å²) in [6.07, 6.45) is -5.99. The van der Waals surface area contributed by atoms with E-state index in [2.05, 4.69) is 0 Å². The largest absolute Gasteiger partial charge is 0.485 e. The molecule has 0 radical (unpaired) electrons. The molecule has 1 amide bonds. The molecule has 2 aromatic carbocycles. The van der Waals surface area contributed by atoms with E-state index in [1.807, 2.05) is 0 Å². The molecule has 0 spiro atoms. The number of benzene rings is 2. The van der Waals surface area contributed by atoms with Crippen LogP contribution in [0.15, 0.2) is 42.5 Å². The Kier molecular flexibility index (Phi) is 6.01. The van der Waals surface area contributed by atoms with Crippen LogP contribution < -0.4 is 14.5 Å². The lowest BCUT2D eigenvalue weighted by Crippen LogP contribution is -2.44. The zero-order valence-corrected chi connectivity index (χ0v) is 19.0. The maximum Gasteiger partial charge on any atom is 0.417 e. The fraction of sp³-hybridized carbons (Fsp3) is 0.348. The average molecular weight is 491 g/mol. The van der Waals surface area contributed by atoms with Crippen molar-refractivity contribution in [1.29, 1.82) is 5.26 Å². The van der Waals surface area contributed by atoms with Crippen LogP contribution in [0.4, 0.5) is 24.5 Å². The predicted octanol–water partition coefficient (Wildman–Crippen LogP) is 3.63. The number of carbonyl (C=O) groups excluding carboxylic acids is 1. The number of anilines is 2. The molecule has 0 bridgehead atoms. The number of nitrogens with zero attached hydrogens (tertiary/aromatic N) is 3. The van der Waals surface area contributed by atoms with E-state index in [9.17, 15) is 23.1 Å². The van der Waals surface area contributed by atoms with E-state index in [4.69, 9.17) is 27.0 Å². The first-order chi connectivity index (χ1) is 15.9. The van der Waals surface area contributed by atoms with Gasteiger partial charge in [0.25, 0.3) is 5.91 Å². The molecule has 2 atom stereocenters. The Balaban J connectivity index is 1.65. The molecular formula is C23H20F3N3O4S. The lowest BCUT2D eigenvalue weighted by Gasteiger charge is -2.29. The maximum absolute atomic E-state index is 13.5. The second-order valence-electron chi connectivity index (χ2n) is 8.41. The molecule has 2 aliphatic heterocycles. The van der Waals surface area contributed by atoms with Crippen LogP contribution in [-0.4, -0.2) is 47.1 Å². The Bertz CT molecular complexity index is 1180. The van der Waals surface area contributed by atoms with Crippen molar-refractivity contribution in [3.05, 3.63) is 53.6 Å². The Morgan fingerprint density at radius 2 is 1.82 bits per heavy atom. The highest BCUT2D eigenvalue weighted by molar-refractivity contribution is 7.81. The Labute approximate surface area is 198 Å². The molecule has 2 heterocycles. The fourth-order valence-electron chi connectivity index (χ4n) is 3.94. The van der Waals surface area contributed by atoms with Crippen molar-refractivity contribution in [2.75, 3.05) is 23.0 Å². The third kappa shape index (κ3) is 4.09. The minimum atomic E-state index is -4.77. The van der Waals surface area contributed by atoms with Crippen molar-refractivity contribution in [1.82, 2.24) is 0 Å². The Morgan fingerprint density at radius 3 is 2.38 bits per heavy atom. The number of thiocarbonyl (C=S) groups is 1. The summed E-state index contributed by atoms with van der Waals surface area (Å²) in [4.78, 5) is 15.8. The molecule has 2 aliphatic rings. The molecule has 0 saturated carbocycles. The number of rotatable bonds is 4. The van der Waals surface area contributed by atoms with Gasteiger partial charge < -0.3 is 19.5 Å². The summed E-state index contributed by atoms with van der Waals surface area (Å²) in [5.74, 6) is -0.0341. The highest BCUT2D eigenvalue weighted by Gasteiger charge is 2.50. The first-order valence-electron chi connectivity index (χ1n) is 10.3. The Hall–Kier alpha value is -3.20. The van der Waals surface area contributed by atoms with Crippen LogP contribution in [0.1, 0.15) is 25.0 Å². The van der Waals surface area contributed by atoms with Gasteiger partial charge in [-0.05, 0) is 68.5 Å². The number of ether oxygens (including phenoxy) is 2. The lowest BCUT2D eigenvalue weighted by molar-refractivity contribution is -0.137. The van der Waals surface area contributed by atoms with Crippen molar-refractivity contribution in [2.24, 2.45) is 0 Å². The second-order valence-corrected chi connectivity index (χ2v) is 8.78.